The van der Waals surface area contributed by atoms with E-state index in [-0.39, 0.29) is 6.54 Å². The first-order valence-corrected chi connectivity index (χ1v) is 12.2. The highest BCUT2D eigenvalue weighted by Crippen LogP contribution is 2.27. The number of hydrogen-bond donors (Lipinski definition) is 2. The Balaban J connectivity index is 4.54. The van der Waals surface area contributed by atoms with Crippen LogP contribution in [0.1, 0.15) is 111 Å². The molecule has 0 aliphatic heterocycles. The first-order valence-electron chi connectivity index (χ1n) is 12.2. The van der Waals surface area contributed by atoms with Crippen molar-refractivity contribution in [1.82, 2.24) is 0 Å². The summed E-state index contributed by atoms with van der Waals surface area (Å²) in [7, 11) is 0. The lowest BCUT2D eigenvalue weighted by Crippen LogP contribution is -2.72. The minimum absolute atomic E-state index is 0.188. The van der Waals surface area contributed by atoms with Crippen molar-refractivity contribution in [1.29, 1.82) is 0 Å². The highest BCUT2D eigenvalue weighted by Gasteiger charge is 2.50. The molecule has 0 aromatic carbocycles. The quantitative estimate of drug-likeness (QED) is 0.217. The number of carbonyl (C=O) groups excluding carboxylic acids is 1. The second-order valence-corrected chi connectivity index (χ2v) is 8.98. The topological polar surface area (TPSA) is 115 Å². The van der Waals surface area contributed by atoms with Crippen LogP contribution in [0.4, 0.5) is 0 Å². The molecule has 0 aliphatic rings. The van der Waals surface area contributed by atoms with E-state index in [1.165, 1.54) is 78.6 Å². The third-order valence-corrected chi connectivity index (χ3v) is 6.87. The molecular formula is C24H45NO6. The van der Waals surface area contributed by atoms with Crippen LogP contribution in [0.5, 0.6) is 0 Å². The maximum atomic E-state index is 11.7. The second-order valence-electron chi connectivity index (χ2n) is 8.98. The van der Waals surface area contributed by atoms with Crippen molar-refractivity contribution in [3.8, 4) is 0 Å². The van der Waals surface area contributed by atoms with Gasteiger partial charge in [0.2, 0.25) is 0 Å². The molecule has 0 bridgehead atoms. The lowest BCUT2D eigenvalue weighted by Gasteiger charge is -2.49. The molecule has 2 N–H and O–H groups in total. The average molecular weight is 444 g/mol. The molecule has 0 heterocycles. The first kappa shape index (κ1) is 29.4. The van der Waals surface area contributed by atoms with E-state index in [4.69, 9.17) is 0 Å². The van der Waals surface area contributed by atoms with E-state index in [1.807, 2.05) is 0 Å². The summed E-state index contributed by atoms with van der Waals surface area (Å²) in [5.74, 6) is -3.82. The minimum Gasteiger partial charge on any atom is -0.544 e. The van der Waals surface area contributed by atoms with E-state index in [9.17, 15) is 29.7 Å². The summed E-state index contributed by atoms with van der Waals surface area (Å²) in [6.45, 7) is 6.56. The number of nitrogens with zero attached hydrogens (tertiary/aromatic N) is 1. The Morgan fingerprint density at radius 2 is 0.968 bits per heavy atom. The molecule has 3 atom stereocenters. The standard InChI is InChI=1S/C24H45NO6/c1-5-6-7-8-9-10-11-12-13-14-15-16-17-18-25(19(2)22(26)27,20(3)23(28)29)21(4)24(30)31/h19-21H,5-18H2,1-4H3,(H2-,26,27,28,29,30,31). The first-order chi connectivity index (χ1) is 14.6. The molecule has 0 fully saturated rings. The van der Waals surface area contributed by atoms with Crippen molar-refractivity contribution >= 4 is 17.9 Å². The van der Waals surface area contributed by atoms with Gasteiger partial charge in [0.15, 0.2) is 12.1 Å². The van der Waals surface area contributed by atoms with Crippen LogP contribution >= 0.6 is 0 Å². The largest absolute Gasteiger partial charge is 0.544 e. The molecule has 0 rings (SSSR count). The molecule has 182 valence electrons. The van der Waals surface area contributed by atoms with Crippen LogP contribution in [0, 0.1) is 0 Å². The van der Waals surface area contributed by atoms with Gasteiger partial charge in [0.25, 0.3) is 0 Å². The summed E-state index contributed by atoms with van der Waals surface area (Å²) in [6, 6.07) is -3.54. The van der Waals surface area contributed by atoms with Gasteiger partial charge in [-0.15, -0.1) is 0 Å². The Labute approximate surface area is 188 Å². The monoisotopic (exact) mass is 443 g/mol. The summed E-state index contributed by atoms with van der Waals surface area (Å²) in [6.07, 6.45) is 15.0. The molecule has 31 heavy (non-hydrogen) atoms. The zero-order chi connectivity index (χ0) is 23.9. The summed E-state index contributed by atoms with van der Waals surface area (Å²) < 4.78 is -0.537. The summed E-state index contributed by atoms with van der Waals surface area (Å²) in [5, 5.41) is 30.7. The van der Waals surface area contributed by atoms with Gasteiger partial charge in [0.05, 0.1) is 12.5 Å². The van der Waals surface area contributed by atoms with Crippen LogP contribution in [-0.2, 0) is 14.4 Å². The third kappa shape index (κ3) is 10.0. The molecule has 0 aromatic rings. The van der Waals surface area contributed by atoms with Gasteiger partial charge >= 0.3 is 11.9 Å². The van der Waals surface area contributed by atoms with Gasteiger partial charge in [-0.25, -0.2) is 9.59 Å². The number of rotatable bonds is 20. The highest BCUT2D eigenvalue weighted by molar-refractivity contribution is 5.76. The Kier molecular flexibility index (Phi) is 15.2. The van der Waals surface area contributed by atoms with Crippen molar-refractivity contribution in [3.05, 3.63) is 0 Å². The fourth-order valence-electron chi connectivity index (χ4n) is 4.60. The van der Waals surface area contributed by atoms with E-state index >= 15 is 0 Å². The molecule has 3 unspecified atom stereocenters. The van der Waals surface area contributed by atoms with Crippen molar-refractivity contribution in [2.45, 2.75) is 129 Å². The molecule has 0 spiro atoms. The molecule has 0 saturated carbocycles. The smallest absolute Gasteiger partial charge is 0.362 e. The SMILES string of the molecule is CCCCCCCCCCCCCCC[N+](C(C)C(=O)[O-])(C(C)C(=O)O)C(C)C(=O)O. The number of carbonyl (C=O) groups is 3. The number of quaternary nitrogens is 1. The minimum atomic E-state index is -1.42. The van der Waals surface area contributed by atoms with E-state index in [1.54, 1.807) is 0 Å². The number of carboxylic acids is 3. The molecule has 0 aliphatic carbocycles. The predicted molar refractivity (Wildman–Crippen MR) is 119 cm³/mol. The van der Waals surface area contributed by atoms with Gasteiger partial charge < -0.3 is 20.1 Å². The van der Waals surface area contributed by atoms with Crippen molar-refractivity contribution in [3.63, 3.8) is 0 Å². The van der Waals surface area contributed by atoms with Crippen molar-refractivity contribution in [2.75, 3.05) is 6.54 Å². The van der Waals surface area contributed by atoms with E-state index in [0.717, 1.165) is 19.3 Å². The number of unbranched alkanes of at least 4 members (excludes halogenated alkanes) is 12. The average Bonchev–Trinajstić information content (AvgIpc) is 2.72. The lowest BCUT2D eigenvalue weighted by molar-refractivity contribution is -0.969. The van der Waals surface area contributed by atoms with Crippen LogP contribution in [0.15, 0.2) is 0 Å². The van der Waals surface area contributed by atoms with Crippen LogP contribution in [0.3, 0.4) is 0 Å². The lowest BCUT2D eigenvalue weighted by atomic mass is 10.00. The van der Waals surface area contributed by atoms with Crippen LogP contribution in [0.25, 0.3) is 0 Å². The third-order valence-electron chi connectivity index (χ3n) is 6.87. The summed E-state index contributed by atoms with van der Waals surface area (Å²) >= 11 is 0. The molecule has 0 aromatic heterocycles. The van der Waals surface area contributed by atoms with E-state index in [2.05, 4.69) is 6.92 Å². The predicted octanol–water partition coefficient (Wildman–Crippen LogP) is 3.98. The molecular weight excluding hydrogens is 398 g/mol. The van der Waals surface area contributed by atoms with Gasteiger partial charge in [-0.05, 0) is 33.6 Å². The van der Waals surface area contributed by atoms with Gasteiger partial charge in [-0.1, -0.05) is 77.6 Å². The fourth-order valence-corrected chi connectivity index (χ4v) is 4.60. The maximum absolute atomic E-state index is 11.7. The summed E-state index contributed by atoms with van der Waals surface area (Å²) in [4.78, 5) is 35.0. The highest BCUT2D eigenvalue weighted by atomic mass is 16.4. The fraction of sp³-hybridized carbons (Fsp3) is 0.875. The molecule has 0 saturated heterocycles. The van der Waals surface area contributed by atoms with Gasteiger partial charge in [-0.3, -0.25) is 4.48 Å². The van der Waals surface area contributed by atoms with Crippen molar-refractivity contribution in [2.24, 2.45) is 0 Å². The molecule has 7 nitrogen and oxygen atoms in total. The molecule has 0 radical (unpaired) electrons. The Morgan fingerprint density at radius 3 is 1.26 bits per heavy atom. The number of hydrogen-bond acceptors (Lipinski definition) is 4. The summed E-state index contributed by atoms with van der Waals surface area (Å²) in [5.41, 5.74) is 0. The van der Waals surface area contributed by atoms with Crippen LogP contribution in [-0.4, -0.2) is 57.3 Å². The van der Waals surface area contributed by atoms with E-state index < -0.39 is 40.5 Å². The normalized spacial score (nSPS) is 16.3. The zero-order valence-electron chi connectivity index (χ0n) is 20.1. The zero-order valence-corrected chi connectivity index (χ0v) is 20.1. The van der Waals surface area contributed by atoms with Gasteiger partial charge in [0, 0.05) is 0 Å². The van der Waals surface area contributed by atoms with Crippen LogP contribution in [0.2, 0.25) is 0 Å². The molecule has 7 heteroatoms. The maximum Gasteiger partial charge on any atom is 0.362 e. The van der Waals surface area contributed by atoms with Crippen molar-refractivity contribution < 1.29 is 34.2 Å². The van der Waals surface area contributed by atoms with E-state index in [0.29, 0.717) is 6.42 Å². The Morgan fingerprint density at radius 1 is 0.645 bits per heavy atom. The van der Waals surface area contributed by atoms with Gasteiger partial charge in [-0.2, -0.15) is 0 Å². The van der Waals surface area contributed by atoms with Gasteiger partial charge in [0.1, 0.15) is 6.04 Å². The second kappa shape index (κ2) is 16.1. The van der Waals surface area contributed by atoms with Crippen LogP contribution < -0.4 is 5.11 Å². The number of aliphatic carboxylic acids is 3. The number of carboxylic acid groups (broad SMARTS) is 3. The Bertz CT molecular complexity index is 486. The molecule has 0 amide bonds. The Hall–Kier alpha value is -1.63.